The van der Waals surface area contributed by atoms with Gasteiger partial charge in [0.15, 0.2) is 0 Å². The number of carbonyl (C=O) groups excluding carboxylic acids is 1. The molecule has 0 spiro atoms. The monoisotopic (exact) mass is 305 g/mol. The number of rotatable bonds is 2. The van der Waals surface area contributed by atoms with E-state index in [1.165, 1.54) is 0 Å². The number of primary amides is 1. The van der Waals surface area contributed by atoms with Crippen molar-refractivity contribution in [2.75, 3.05) is 0 Å². The van der Waals surface area contributed by atoms with Gasteiger partial charge in [-0.3, -0.25) is 4.79 Å². The Morgan fingerprint density at radius 3 is 2.50 bits per heavy atom. The molecule has 0 aliphatic rings. The number of halogens is 2. The van der Waals surface area contributed by atoms with Gasteiger partial charge in [0, 0.05) is 16.1 Å². The Kier molecular flexibility index (Phi) is 3.12. The lowest BCUT2D eigenvalue weighted by molar-refractivity contribution is 0.100. The third kappa shape index (κ3) is 2.24. The van der Waals surface area contributed by atoms with Crippen molar-refractivity contribution >= 4 is 40.1 Å². The van der Waals surface area contributed by atoms with E-state index < -0.39 is 5.91 Å². The first-order chi connectivity index (χ1) is 9.54. The van der Waals surface area contributed by atoms with E-state index >= 15 is 0 Å². The fourth-order valence-corrected chi connectivity index (χ4v) is 2.51. The Bertz CT molecular complexity index is 809. The van der Waals surface area contributed by atoms with E-state index in [-0.39, 0.29) is 0 Å². The minimum Gasteiger partial charge on any atom is -0.366 e. The van der Waals surface area contributed by atoms with Crippen LogP contribution in [0, 0.1) is 0 Å². The van der Waals surface area contributed by atoms with E-state index in [1.807, 2.05) is 0 Å². The number of fused-ring (bicyclic) bond motifs is 1. The quantitative estimate of drug-likeness (QED) is 0.758. The molecular formula is C14H9Cl2N3O. The van der Waals surface area contributed by atoms with Crippen molar-refractivity contribution in [3.8, 4) is 11.4 Å². The van der Waals surface area contributed by atoms with Gasteiger partial charge in [0.2, 0.25) is 5.91 Å². The molecule has 3 aromatic rings. The van der Waals surface area contributed by atoms with Gasteiger partial charge in [-0.25, -0.2) is 4.98 Å². The Labute approximate surface area is 124 Å². The molecule has 100 valence electrons. The number of benzene rings is 2. The molecular weight excluding hydrogens is 297 g/mol. The number of aromatic nitrogens is 2. The van der Waals surface area contributed by atoms with Crippen molar-refractivity contribution in [2.24, 2.45) is 5.73 Å². The van der Waals surface area contributed by atoms with Crippen molar-refractivity contribution in [3.05, 3.63) is 52.0 Å². The highest BCUT2D eigenvalue weighted by molar-refractivity contribution is 6.38. The third-order valence-corrected chi connectivity index (χ3v) is 3.45. The number of aromatic amines is 1. The molecule has 0 aliphatic heterocycles. The number of nitrogens with zero attached hydrogens (tertiary/aromatic N) is 1. The van der Waals surface area contributed by atoms with Crippen molar-refractivity contribution < 1.29 is 4.79 Å². The highest BCUT2D eigenvalue weighted by atomic mass is 35.5. The van der Waals surface area contributed by atoms with Crippen LogP contribution >= 0.6 is 23.2 Å². The summed E-state index contributed by atoms with van der Waals surface area (Å²) < 4.78 is 0. The minimum absolute atomic E-state index is 0.450. The van der Waals surface area contributed by atoms with Crippen LogP contribution in [0.1, 0.15) is 10.4 Å². The van der Waals surface area contributed by atoms with E-state index in [0.29, 0.717) is 26.9 Å². The first kappa shape index (κ1) is 13.0. The number of imidazole rings is 1. The van der Waals surface area contributed by atoms with Crippen molar-refractivity contribution in [1.82, 2.24) is 9.97 Å². The molecule has 6 heteroatoms. The maximum absolute atomic E-state index is 11.0. The smallest absolute Gasteiger partial charge is 0.248 e. The average Bonchev–Trinajstić information content (AvgIpc) is 2.83. The van der Waals surface area contributed by atoms with Crippen LogP contribution in [-0.2, 0) is 0 Å². The molecule has 0 saturated heterocycles. The van der Waals surface area contributed by atoms with Crippen LogP contribution in [0.25, 0.3) is 22.4 Å². The summed E-state index contributed by atoms with van der Waals surface area (Å²) in [7, 11) is 0. The van der Waals surface area contributed by atoms with Gasteiger partial charge in [-0.2, -0.15) is 0 Å². The van der Waals surface area contributed by atoms with Crippen LogP contribution in [0.15, 0.2) is 36.4 Å². The molecule has 4 nitrogen and oxygen atoms in total. The highest BCUT2D eigenvalue weighted by Crippen LogP contribution is 2.29. The second-order valence-corrected chi connectivity index (χ2v) is 5.15. The summed E-state index contributed by atoms with van der Waals surface area (Å²) in [5.74, 6) is 0.191. The number of hydrogen-bond donors (Lipinski definition) is 2. The van der Waals surface area contributed by atoms with Gasteiger partial charge in [0.05, 0.1) is 10.5 Å². The van der Waals surface area contributed by atoms with Crippen molar-refractivity contribution in [1.29, 1.82) is 0 Å². The highest BCUT2D eigenvalue weighted by Gasteiger charge is 2.10. The summed E-state index contributed by atoms with van der Waals surface area (Å²) in [5, 5.41) is 1.03. The van der Waals surface area contributed by atoms with Gasteiger partial charge in [-0.15, -0.1) is 0 Å². The topological polar surface area (TPSA) is 71.8 Å². The lowest BCUT2D eigenvalue weighted by Gasteiger charge is -1.98. The number of nitrogens with one attached hydrogen (secondary N) is 1. The molecule has 20 heavy (non-hydrogen) atoms. The van der Waals surface area contributed by atoms with Gasteiger partial charge in [-0.05, 0) is 24.3 Å². The predicted molar refractivity (Wildman–Crippen MR) is 80.1 cm³/mol. The maximum atomic E-state index is 11.0. The van der Waals surface area contributed by atoms with Gasteiger partial charge in [0.25, 0.3) is 0 Å². The molecule has 0 bridgehead atoms. The number of nitrogens with two attached hydrogens (primary N) is 1. The number of H-pyrrole nitrogens is 1. The van der Waals surface area contributed by atoms with Crippen LogP contribution in [-0.4, -0.2) is 15.9 Å². The zero-order valence-electron chi connectivity index (χ0n) is 10.2. The molecule has 2 aromatic carbocycles. The molecule has 1 amide bonds. The summed E-state index contributed by atoms with van der Waals surface area (Å²) >= 11 is 12.1. The Hall–Kier alpha value is -2.04. The molecule has 0 atom stereocenters. The van der Waals surface area contributed by atoms with Crippen molar-refractivity contribution in [3.63, 3.8) is 0 Å². The lowest BCUT2D eigenvalue weighted by Crippen LogP contribution is -2.10. The fraction of sp³-hybridized carbons (Fsp3) is 0. The molecule has 0 saturated carbocycles. The summed E-state index contributed by atoms with van der Waals surface area (Å²) in [6, 6.07) is 10.3. The Morgan fingerprint density at radius 1 is 1.15 bits per heavy atom. The molecule has 3 rings (SSSR count). The zero-order valence-corrected chi connectivity index (χ0v) is 11.7. The Balaban J connectivity index is 2.10. The largest absolute Gasteiger partial charge is 0.366 e. The van der Waals surface area contributed by atoms with Crippen LogP contribution in [0.5, 0.6) is 0 Å². The SMILES string of the molecule is NC(=O)c1ccc(-c2nc3c(Cl)cc(Cl)cc3[nH]2)cc1. The second kappa shape index (κ2) is 4.81. The Morgan fingerprint density at radius 2 is 1.85 bits per heavy atom. The van der Waals surface area contributed by atoms with E-state index in [0.717, 1.165) is 11.1 Å². The number of amides is 1. The molecule has 0 aliphatic carbocycles. The molecule has 0 fully saturated rings. The minimum atomic E-state index is -0.462. The van der Waals surface area contributed by atoms with E-state index in [1.54, 1.807) is 36.4 Å². The number of hydrogen-bond acceptors (Lipinski definition) is 2. The first-order valence-corrected chi connectivity index (χ1v) is 6.55. The normalized spacial score (nSPS) is 10.9. The molecule has 1 aromatic heterocycles. The van der Waals surface area contributed by atoms with E-state index in [9.17, 15) is 4.79 Å². The van der Waals surface area contributed by atoms with Crippen LogP contribution in [0.2, 0.25) is 10.0 Å². The fourth-order valence-electron chi connectivity index (χ4n) is 1.97. The maximum Gasteiger partial charge on any atom is 0.248 e. The van der Waals surface area contributed by atoms with Gasteiger partial charge >= 0.3 is 0 Å². The van der Waals surface area contributed by atoms with Crippen LogP contribution in [0.3, 0.4) is 0 Å². The molecule has 1 heterocycles. The van der Waals surface area contributed by atoms with Crippen LogP contribution < -0.4 is 5.73 Å². The molecule has 0 unspecified atom stereocenters. The van der Waals surface area contributed by atoms with E-state index in [4.69, 9.17) is 28.9 Å². The standard InChI is InChI=1S/C14H9Cl2N3O/c15-9-5-10(16)12-11(6-9)18-14(19-12)8-3-1-7(2-4-8)13(17)20/h1-6H,(H2,17,20)(H,18,19). The summed E-state index contributed by atoms with van der Waals surface area (Å²) in [4.78, 5) is 18.6. The summed E-state index contributed by atoms with van der Waals surface area (Å²) in [5.41, 5.74) is 7.91. The summed E-state index contributed by atoms with van der Waals surface area (Å²) in [6.07, 6.45) is 0. The average molecular weight is 306 g/mol. The second-order valence-electron chi connectivity index (χ2n) is 4.31. The van der Waals surface area contributed by atoms with E-state index in [2.05, 4.69) is 9.97 Å². The first-order valence-electron chi connectivity index (χ1n) is 5.79. The van der Waals surface area contributed by atoms with Gasteiger partial charge in [0.1, 0.15) is 11.3 Å². The van der Waals surface area contributed by atoms with Crippen LogP contribution in [0.4, 0.5) is 0 Å². The van der Waals surface area contributed by atoms with Gasteiger partial charge in [-0.1, -0.05) is 35.3 Å². The third-order valence-electron chi connectivity index (χ3n) is 2.95. The number of carbonyl (C=O) groups is 1. The molecule has 3 N–H and O–H groups in total. The molecule has 0 radical (unpaired) electrons. The van der Waals surface area contributed by atoms with Gasteiger partial charge < -0.3 is 10.7 Å². The van der Waals surface area contributed by atoms with Crippen molar-refractivity contribution in [2.45, 2.75) is 0 Å². The zero-order chi connectivity index (χ0) is 14.3. The predicted octanol–water partition coefficient (Wildman–Crippen LogP) is 3.64. The lowest BCUT2D eigenvalue weighted by atomic mass is 10.1. The summed E-state index contributed by atoms with van der Waals surface area (Å²) in [6.45, 7) is 0.